The van der Waals surface area contributed by atoms with Crippen molar-refractivity contribution in [3.63, 3.8) is 0 Å². The second kappa shape index (κ2) is 6.26. The summed E-state index contributed by atoms with van der Waals surface area (Å²) in [6, 6.07) is 0. The number of halogens is 1. The number of thiazole rings is 1. The highest BCUT2D eigenvalue weighted by molar-refractivity contribution is 9.08. The van der Waals surface area contributed by atoms with Crippen molar-refractivity contribution < 1.29 is 0 Å². The van der Waals surface area contributed by atoms with Crippen molar-refractivity contribution in [1.82, 2.24) is 4.98 Å². The first-order valence-electron chi connectivity index (χ1n) is 5.20. The molecule has 1 nitrogen and oxygen atoms in total. The van der Waals surface area contributed by atoms with Crippen molar-refractivity contribution in [3.05, 3.63) is 15.6 Å². The fourth-order valence-electron chi connectivity index (χ4n) is 1.26. The van der Waals surface area contributed by atoms with Gasteiger partial charge in [-0.25, -0.2) is 4.98 Å². The number of hydrogen-bond acceptors (Lipinski definition) is 3. The van der Waals surface area contributed by atoms with E-state index in [2.05, 4.69) is 43.6 Å². The summed E-state index contributed by atoms with van der Waals surface area (Å²) in [5.41, 5.74) is 1.27. The maximum Gasteiger partial charge on any atom is 0.103 e. The van der Waals surface area contributed by atoms with E-state index in [1.165, 1.54) is 15.6 Å². The topological polar surface area (TPSA) is 12.9 Å². The molecule has 0 amide bonds. The van der Waals surface area contributed by atoms with Gasteiger partial charge in [0.05, 0.1) is 5.69 Å². The number of nitrogens with zero attached hydrogens (tertiary/aromatic N) is 1. The molecule has 0 saturated heterocycles. The van der Waals surface area contributed by atoms with E-state index >= 15 is 0 Å². The minimum Gasteiger partial charge on any atom is -0.245 e. The minimum absolute atomic E-state index is 0.534. The molecule has 0 fully saturated rings. The molecule has 0 aliphatic carbocycles. The van der Waals surface area contributed by atoms with Gasteiger partial charge < -0.3 is 0 Å². The zero-order valence-corrected chi connectivity index (χ0v) is 12.9. The highest BCUT2D eigenvalue weighted by Gasteiger charge is 2.13. The Morgan fingerprint density at radius 2 is 2.00 bits per heavy atom. The molecule has 0 bridgehead atoms. The fraction of sp³-hybridized carbons (Fsp3) is 0.727. The average molecular weight is 308 g/mol. The second-order valence-corrected chi connectivity index (χ2v) is 7.36. The average Bonchev–Trinajstić information content (AvgIpc) is 2.57. The summed E-state index contributed by atoms with van der Waals surface area (Å²) in [5, 5.41) is 2.89. The summed E-state index contributed by atoms with van der Waals surface area (Å²) in [5.74, 6) is 1.58. The van der Waals surface area contributed by atoms with Gasteiger partial charge in [0, 0.05) is 16.0 Å². The van der Waals surface area contributed by atoms with Crippen LogP contribution in [0, 0.1) is 0 Å². The minimum atomic E-state index is 0.534. The van der Waals surface area contributed by atoms with E-state index in [0.717, 1.165) is 11.1 Å². The predicted octanol–water partition coefficient (Wildman–Crippen LogP) is 4.80. The number of alkyl halides is 1. The van der Waals surface area contributed by atoms with Gasteiger partial charge in [0.1, 0.15) is 5.01 Å². The largest absolute Gasteiger partial charge is 0.245 e. The zero-order valence-electron chi connectivity index (χ0n) is 9.71. The molecule has 0 radical (unpaired) electrons. The van der Waals surface area contributed by atoms with E-state index in [9.17, 15) is 0 Å². The summed E-state index contributed by atoms with van der Waals surface area (Å²) >= 11 is 7.35. The molecule has 15 heavy (non-hydrogen) atoms. The maximum absolute atomic E-state index is 4.72. The van der Waals surface area contributed by atoms with Crippen LogP contribution in [0.3, 0.4) is 0 Å². The molecule has 0 aliphatic rings. The van der Waals surface area contributed by atoms with Crippen LogP contribution >= 0.6 is 39.0 Å². The van der Waals surface area contributed by atoms with Crippen LogP contribution in [-0.4, -0.2) is 10.2 Å². The lowest BCUT2D eigenvalue weighted by Crippen LogP contribution is -1.92. The van der Waals surface area contributed by atoms with Gasteiger partial charge in [0.2, 0.25) is 0 Å². The highest BCUT2D eigenvalue weighted by Crippen LogP contribution is 2.29. The van der Waals surface area contributed by atoms with Gasteiger partial charge in [-0.15, -0.1) is 11.3 Å². The van der Waals surface area contributed by atoms with Crippen molar-refractivity contribution in [1.29, 1.82) is 0 Å². The molecule has 0 unspecified atom stereocenters. The van der Waals surface area contributed by atoms with E-state index in [4.69, 9.17) is 4.98 Å². The summed E-state index contributed by atoms with van der Waals surface area (Å²) in [7, 11) is 0. The van der Waals surface area contributed by atoms with Gasteiger partial charge in [-0.3, -0.25) is 0 Å². The van der Waals surface area contributed by atoms with Crippen molar-refractivity contribution in [3.8, 4) is 0 Å². The van der Waals surface area contributed by atoms with Gasteiger partial charge in [0.25, 0.3) is 0 Å². The molecule has 0 aromatic carbocycles. The summed E-state index contributed by atoms with van der Waals surface area (Å²) < 4.78 is 0. The SMILES string of the molecule is CC(C)SCc1nc(C(C)C)c(CBr)s1. The van der Waals surface area contributed by atoms with E-state index in [0.29, 0.717) is 11.2 Å². The lowest BCUT2D eigenvalue weighted by Gasteiger charge is -2.02. The Kier molecular flexibility index (Phi) is 5.64. The van der Waals surface area contributed by atoms with E-state index in [1.54, 1.807) is 0 Å². The lowest BCUT2D eigenvalue weighted by molar-refractivity contribution is 0.819. The monoisotopic (exact) mass is 307 g/mol. The van der Waals surface area contributed by atoms with Gasteiger partial charge in [-0.05, 0) is 11.2 Å². The van der Waals surface area contributed by atoms with Crippen LogP contribution in [0.15, 0.2) is 0 Å². The lowest BCUT2D eigenvalue weighted by atomic mass is 10.1. The van der Waals surface area contributed by atoms with E-state index < -0.39 is 0 Å². The quantitative estimate of drug-likeness (QED) is 0.724. The third-order valence-corrected chi connectivity index (χ3v) is 5.27. The van der Waals surface area contributed by atoms with Gasteiger partial charge in [0.15, 0.2) is 0 Å². The number of hydrogen-bond donors (Lipinski definition) is 0. The molecular formula is C11H18BrNS2. The zero-order chi connectivity index (χ0) is 11.4. The maximum atomic E-state index is 4.72. The molecule has 1 heterocycles. The molecular weight excluding hydrogens is 290 g/mol. The molecule has 0 spiro atoms. The van der Waals surface area contributed by atoms with Crippen LogP contribution in [0.1, 0.15) is 49.2 Å². The Balaban J connectivity index is 2.74. The third-order valence-electron chi connectivity index (χ3n) is 1.98. The Labute approximate surface area is 109 Å². The predicted molar refractivity (Wildman–Crippen MR) is 75.3 cm³/mol. The van der Waals surface area contributed by atoms with Gasteiger partial charge >= 0.3 is 0 Å². The van der Waals surface area contributed by atoms with Crippen LogP contribution in [0.4, 0.5) is 0 Å². The van der Waals surface area contributed by atoms with Gasteiger partial charge in [-0.1, -0.05) is 43.6 Å². The van der Waals surface area contributed by atoms with Crippen LogP contribution in [0.5, 0.6) is 0 Å². The van der Waals surface area contributed by atoms with Crippen LogP contribution < -0.4 is 0 Å². The Morgan fingerprint density at radius 1 is 1.33 bits per heavy atom. The summed E-state index contributed by atoms with van der Waals surface area (Å²) in [6.45, 7) is 8.88. The molecule has 86 valence electrons. The summed E-state index contributed by atoms with van der Waals surface area (Å²) in [4.78, 5) is 6.11. The van der Waals surface area contributed by atoms with Crippen molar-refractivity contribution in [2.45, 2.75) is 49.9 Å². The van der Waals surface area contributed by atoms with Crippen molar-refractivity contribution >= 4 is 39.0 Å². The normalized spacial score (nSPS) is 11.7. The Bertz CT molecular complexity index is 308. The highest BCUT2D eigenvalue weighted by atomic mass is 79.9. The fourth-order valence-corrected chi connectivity index (χ4v) is 3.74. The molecule has 0 saturated carbocycles. The second-order valence-electron chi connectivity index (χ2n) is 4.06. The molecule has 1 aromatic heterocycles. The third kappa shape index (κ3) is 4.08. The smallest absolute Gasteiger partial charge is 0.103 e. The number of rotatable bonds is 5. The number of aromatic nitrogens is 1. The Hall–Kier alpha value is 0.460. The molecule has 1 aromatic rings. The van der Waals surface area contributed by atoms with Crippen molar-refractivity contribution in [2.24, 2.45) is 0 Å². The van der Waals surface area contributed by atoms with Gasteiger partial charge in [-0.2, -0.15) is 11.8 Å². The molecule has 4 heteroatoms. The standard InChI is InChI=1S/C11H18BrNS2/c1-7(2)11-9(5-12)15-10(13-11)6-14-8(3)4/h7-8H,5-6H2,1-4H3. The van der Waals surface area contributed by atoms with E-state index in [-0.39, 0.29) is 0 Å². The first-order chi connectivity index (χ1) is 7.04. The first kappa shape index (κ1) is 13.5. The van der Waals surface area contributed by atoms with Crippen molar-refractivity contribution in [2.75, 3.05) is 0 Å². The summed E-state index contributed by atoms with van der Waals surface area (Å²) in [6.07, 6.45) is 0. The molecule has 0 aliphatic heterocycles. The molecule has 1 rings (SSSR count). The van der Waals surface area contributed by atoms with E-state index in [1.807, 2.05) is 23.1 Å². The van der Waals surface area contributed by atoms with Crippen LogP contribution in [0.25, 0.3) is 0 Å². The molecule has 0 N–H and O–H groups in total. The van der Waals surface area contributed by atoms with Crippen LogP contribution in [-0.2, 0) is 11.1 Å². The van der Waals surface area contributed by atoms with Crippen LogP contribution in [0.2, 0.25) is 0 Å². The Morgan fingerprint density at radius 3 is 2.40 bits per heavy atom. The molecule has 0 atom stereocenters. The first-order valence-corrected chi connectivity index (χ1v) is 8.19. The number of thioether (sulfide) groups is 1.